The van der Waals surface area contributed by atoms with E-state index in [9.17, 15) is 8.78 Å². The van der Waals surface area contributed by atoms with Gasteiger partial charge in [-0.25, -0.2) is 13.8 Å². The molecule has 86 valence electrons. The minimum atomic E-state index is -0.945. The summed E-state index contributed by atoms with van der Waals surface area (Å²) in [5.41, 5.74) is 6.37. The normalized spacial score (nSPS) is 11.2. The van der Waals surface area contributed by atoms with E-state index in [0.29, 0.717) is 24.0 Å². The van der Waals surface area contributed by atoms with E-state index in [4.69, 9.17) is 10.8 Å². The quantitative estimate of drug-likeness (QED) is 0.830. The fourth-order valence-electron chi connectivity index (χ4n) is 1.60. The lowest BCUT2D eigenvalue weighted by atomic mass is 10.3. The van der Waals surface area contributed by atoms with Crippen LogP contribution in [0.1, 0.15) is 6.42 Å². The molecule has 1 aromatic carbocycles. The van der Waals surface area contributed by atoms with E-state index < -0.39 is 11.6 Å². The van der Waals surface area contributed by atoms with Crippen LogP contribution in [-0.4, -0.2) is 21.3 Å². The SMILES string of the molecule is Nc1nc2cc(F)c(F)cc2n1CCCO. The molecule has 0 spiro atoms. The number of nitrogen functional groups attached to an aromatic ring is 1. The lowest BCUT2D eigenvalue weighted by Crippen LogP contribution is -2.04. The van der Waals surface area contributed by atoms with E-state index in [1.54, 1.807) is 4.57 Å². The second-order valence-corrected chi connectivity index (χ2v) is 3.45. The number of benzene rings is 1. The largest absolute Gasteiger partial charge is 0.396 e. The van der Waals surface area contributed by atoms with Gasteiger partial charge in [0.15, 0.2) is 11.6 Å². The van der Waals surface area contributed by atoms with Gasteiger partial charge in [0.1, 0.15) is 0 Å². The topological polar surface area (TPSA) is 64.1 Å². The van der Waals surface area contributed by atoms with Gasteiger partial charge in [-0.15, -0.1) is 0 Å². The van der Waals surface area contributed by atoms with E-state index in [1.165, 1.54) is 0 Å². The van der Waals surface area contributed by atoms with Crippen LogP contribution in [-0.2, 0) is 6.54 Å². The summed E-state index contributed by atoms with van der Waals surface area (Å²) in [6, 6.07) is 2.07. The van der Waals surface area contributed by atoms with E-state index in [0.717, 1.165) is 12.1 Å². The fourth-order valence-corrected chi connectivity index (χ4v) is 1.60. The van der Waals surface area contributed by atoms with Gasteiger partial charge >= 0.3 is 0 Å². The Morgan fingerprint density at radius 1 is 1.31 bits per heavy atom. The summed E-state index contributed by atoms with van der Waals surface area (Å²) in [6.45, 7) is 0.423. The van der Waals surface area contributed by atoms with Crippen molar-refractivity contribution in [3.8, 4) is 0 Å². The van der Waals surface area contributed by atoms with Crippen LogP contribution in [0.5, 0.6) is 0 Å². The number of rotatable bonds is 3. The number of aliphatic hydroxyl groups excluding tert-OH is 1. The maximum absolute atomic E-state index is 13.1. The molecule has 4 nitrogen and oxygen atoms in total. The Hall–Kier alpha value is -1.69. The van der Waals surface area contributed by atoms with Crippen LogP contribution in [0.3, 0.4) is 0 Å². The molecule has 1 heterocycles. The Morgan fingerprint density at radius 2 is 2.00 bits per heavy atom. The van der Waals surface area contributed by atoms with Gasteiger partial charge < -0.3 is 15.4 Å². The van der Waals surface area contributed by atoms with E-state index in [2.05, 4.69) is 4.98 Å². The van der Waals surface area contributed by atoms with Crippen molar-refractivity contribution < 1.29 is 13.9 Å². The second-order valence-electron chi connectivity index (χ2n) is 3.45. The molecule has 0 saturated carbocycles. The molecule has 0 saturated heterocycles. The number of anilines is 1. The van der Waals surface area contributed by atoms with Crippen molar-refractivity contribution in [1.29, 1.82) is 0 Å². The summed E-state index contributed by atoms with van der Waals surface area (Å²) < 4.78 is 27.5. The first-order valence-corrected chi connectivity index (χ1v) is 4.85. The maximum Gasteiger partial charge on any atom is 0.201 e. The highest BCUT2D eigenvalue weighted by atomic mass is 19.2. The van der Waals surface area contributed by atoms with Crippen LogP contribution < -0.4 is 5.73 Å². The van der Waals surface area contributed by atoms with Crippen LogP contribution in [0.4, 0.5) is 14.7 Å². The molecule has 0 aliphatic heterocycles. The molecule has 1 aromatic heterocycles. The number of aromatic nitrogens is 2. The van der Waals surface area contributed by atoms with Crippen LogP contribution >= 0.6 is 0 Å². The Bertz CT molecular complexity index is 524. The zero-order valence-corrected chi connectivity index (χ0v) is 8.45. The first-order valence-electron chi connectivity index (χ1n) is 4.85. The third-order valence-electron chi connectivity index (χ3n) is 2.36. The Balaban J connectivity index is 2.55. The number of halogens is 2. The van der Waals surface area contributed by atoms with Crippen molar-refractivity contribution in [2.45, 2.75) is 13.0 Å². The van der Waals surface area contributed by atoms with Crippen molar-refractivity contribution in [3.63, 3.8) is 0 Å². The molecule has 3 N–H and O–H groups in total. The van der Waals surface area contributed by atoms with Gasteiger partial charge in [0.25, 0.3) is 0 Å². The van der Waals surface area contributed by atoms with Gasteiger partial charge in [-0.1, -0.05) is 0 Å². The number of fused-ring (bicyclic) bond motifs is 1. The van der Waals surface area contributed by atoms with E-state index in [-0.39, 0.29) is 12.6 Å². The summed E-state index contributed by atoms with van der Waals surface area (Å²) in [6.07, 6.45) is 0.481. The van der Waals surface area contributed by atoms with Crippen molar-refractivity contribution in [3.05, 3.63) is 23.8 Å². The smallest absolute Gasteiger partial charge is 0.201 e. The highest BCUT2D eigenvalue weighted by molar-refractivity contribution is 5.78. The van der Waals surface area contributed by atoms with Crippen molar-refractivity contribution in [2.75, 3.05) is 12.3 Å². The van der Waals surface area contributed by atoms with Gasteiger partial charge in [-0.2, -0.15) is 0 Å². The average Bonchev–Trinajstić information content (AvgIpc) is 2.52. The third kappa shape index (κ3) is 1.71. The lowest BCUT2D eigenvalue weighted by molar-refractivity contribution is 0.281. The van der Waals surface area contributed by atoms with Crippen molar-refractivity contribution in [2.24, 2.45) is 0 Å². The standard InChI is InChI=1S/C10H11F2N3O/c11-6-4-8-9(5-7(6)12)15(2-1-3-16)10(13)14-8/h4-5,16H,1-3H2,(H2,13,14). The number of hydrogen-bond donors (Lipinski definition) is 2. The Kier molecular flexibility index (Phi) is 2.74. The molecule has 16 heavy (non-hydrogen) atoms. The first-order chi connectivity index (χ1) is 7.63. The molecular formula is C10H11F2N3O. The summed E-state index contributed by atoms with van der Waals surface area (Å²) in [5.74, 6) is -1.69. The highest BCUT2D eigenvalue weighted by Gasteiger charge is 2.11. The number of aliphatic hydroxyl groups is 1. The molecule has 0 fully saturated rings. The third-order valence-corrected chi connectivity index (χ3v) is 2.36. The minimum Gasteiger partial charge on any atom is -0.396 e. The molecule has 2 aromatic rings. The molecule has 6 heteroatoms. The Morgan fingerprint density at radius 3 is 2.69 bits per heavy atom. The van der Waals surface area contributed by atoms with Crippen molar-refractivity contribution in [1.82, 2.24) is 9.55 Å². The Labute approximate surface area is 90.3 Å². The molecule has 0 radical (unpaired) electrons. The summed E-state index contributed by atoms with van der Waals surface area (Å²) >= 11 is 0. The fraction of sp³-hybridized carbons (Fsp3) is 0.300. The summed E-state index contributed by atoms with van der Waals surface area (Å²) in [5, 5.41) is 8.72. The van der Waals surface area contributed by atoms with Crippen LogP contribution in [0.2, 0.25) is 0 Å². The summed E-state index contributed by atoms with van der Waals surface area (Å²) in [4.78, 5) is 3.92. The van der Waals surface area contributed by atoms with Crippen LogP contribution in [0.25, 0.3) is 11.0 Å². The lowest BCUT2D eigenvalue weighted by Gasteiger charge is -2.04. The number of imidazole rings is 1. The predicted molar refractivity (Wildman–Crippen MR) is 55.8 cm³/mol. The zero-order chi connectivity index (χ0) is 11.7. The van der Waals surface area contributed by atoms with E-state index >= 15 is 0 Å². The second kappa shape index (κ2) is 4.05. The minimum absolute atomic E-state index is 0.00277. The maximum atomic E-state index is 13.1. The number of aryl methyl sites for hydroxylation is 1. The molecule has 2 rings (SSSR count). The van der Waals surface area contributed by atoms with Crippen LogP contribution in [0.15, 0.2) is 12.1 Å². The molecular weight excluding hydrogens is 216 g/mol. The molecule has 0 amide bonds. The van der Waals surface area contributed by atoms with Gasteiger partial charge in [0, 0.05) is 25.3 Å². The highest BCUT2D eigenvalue weighted by Crippen LogP contribution is 2.21. The molecule has 0 atom stereocenters. The number of nitrogens with two attached hydrogens (primary N) is 1. The average molecular weight is 227 g/mol. The molecule has 0 unspecified atom stereocenters. The van der Waals surface area contributed by atoms with Gasteiger partial charge in [-0.3, -0.25) is 0 Å². The summed E-state index contributed by atoms with van der Waals surface area (Å²) in [7, 11) is 0. The van der Waals surface area contributed by atoms with Gasteiger partial charge in [0.05, 0.1) is 11.0 Å². The van der Waals surface area contributed by atoms with Gasteiger partial charge in [-0.05, 0) is 6.42 Å². The monoisotopic (exact) mass is 227 g/mol. The van der Waals surface area contributed by atoms with Crippen molar-refractivity contribution >= 4 is 17.0 Å². The van der Waals surface area contributed by atoms with E-state index in [1.807, 2.05) is 0 Å². The molecule has 0 aliphatic carbocycles. The predicted octanol–water partition coefficient (Wildman–Crippen LogP) is 1.28. The van der Waals surface area contributed by atoms with Gasteiger partial charge in [0.2, 0.25) is 5.95 Å². The zero-order valence-electron chi connectivity index (χ0n) is 8.45. The number of hydrogen-bond acceptors (Lipinski definition) is 3. The molecule has 0 bridgehead atoms. The molecule has 0 aliphatic rings. The van der Waals surface area contributed by atoms with Crippen LogP contribution in [0, 0.1) is 11.6 Å². The first kappa shape index (κ1) is 10.8. The number of nitrogens with zero attached hydrogens (tertiary/aromatic N) is 2.